The van der Waals surface area contributed by atoms with Crippen LogP contribution in [0.5, 0.6) is 0 Å². The Hall–Kier alpha value is -1.31. The Kier molecular flexibility index (Phi) is 11.7. The van der Waals surface area contributed by atoms with E-state index in [1.165, 1.54) is 0 Å². The van der Waals surface area contributed by atoms with Crippen LogP contribution in [0.15, 0.2) is 36.5 Å². The Morgan fingerprint density at radius 2 is 2.00 bits per heavy atom. The summed E-state index contributed by atoms with van der Waals surface area (Å²) in [5.74, 6) is -0.814. The van der Waals surface area contributed by atoms with Crippen LogP contribution in [-0.4, -0.2) is 11.1 Å². The van der Waals surface area contributed by atoms with Crippen molar-refractivity contribution in [1.82, 2.24) is 0 Å². The molecule has 2 nitrogen and oxygen atoms in total. The number of hydrogen-bond donors (Lipinski definition) is 1. The second-order valence-electron chi connectivity index (χ2n) is 2.14. The molecule has 0 spiro atoms. The number of rotatable bonds is 4. The van der Waals surface area contributed by atoms with Gasteiger partial charge < -0.3 is 5.11 Å². The van der Waals surface area contributed by atoms with Gasteiger partial charge in [-0.05, 0) is 6.92 Å². The maximum atomic E-state index is 10.0. The van der Waals surface area contributed by atoms with E-state index in [2.05, 4.69) is 6.58 Å². The van der Waals surface area contributed by atoms with Crippen molar-refractivity contribution in [3.63, 3.8) is 0 Å². The fourth-order valence-corrected chi connectivity index (χ4v) is 0.457. The molecular weight excluding hydrogens is 164 g/mol. The molecule has 2 heteroatoms. The van der Waals surface area contributed by atoms with Crippen LogP contribution < -0.4 is 0 Å². The average Bonchev–Trinajstić information content (AvgIpc) is 2.15. The van der Waals surface area contributed by atoms with Crippen molar-refractivity contribution in [2.75, 3.05) is 0 Å². The van der Waals surface area contributed by atoms with Gasteiger partial charge in [0.25, 0.3) is 0 Å². The summed E-state index contributed by atoms with van der Waals surface area (Å²) in [5, 5.41) is 8.24. The first-order valence-corrected chi connectivity index (χ1v) is 4.34. The standard InChI is InChI=1S/C9H12O2.C2H6/c1-3-8(2)6-4-5-7-9(10)11;1-2/h3-6H,1,7H2,2H3,(H,10,11);1-2H3/b5-4-,8-6-;. The van der Waals surface area contributed by atoms with Crippen molar-refractivity contribution in [1.29, 1.82) is 0 Å². The zero-order chi connectivity index (χ0) is 10.7. The Morgan fingerprint density at radius 1 is 1.46 bits per heavy atom. The Balaban J connectivity index is 0. The number of allylic oxidation sites excluding steroid dienone is 4. The first kappa shape index (κ1) is 14.2. The van der Waals surface area contributed by atoms with Gasteiger partial charge >= 0.3 is 5.97 Å². The van der Waals surface area contributed by atoms with Gasteiger partial charge in [0.15, 0.2) is 0 Å². The zero-order valence-corrected chi connectivity index (χ0v) is 8.58. The van der Waals surface area contributed by atoms with Crippen molar-refractivity contribution < 1.29 is 9.90 Å². The summed E-state index contributed by atoms with van der Waals surface area (Å²) in [7, 11) is 0. The number of hydrogen-bond acceptors (Lipinski definition) is 1. The molecule has 0 saturated heterocycles. The van der Waals surface area contributed by atoms with E-state index in [0.29, 0.717) is 0 Å². The van der Waals surface area contributed by atoms with Gasteiger partial charge in [0.2, 0.25) is 0 Å². The summed E-state index contributed by atoms with van der Waals surface area (Å²) in [6.07, 6.45) is 6.91. The Bertz CT molecular complexity index is 200. The monoisotopic (exact) mass is 182 g/mol. The van der Waals surface area contributed by atoms with Crippen LogP contribution in [0, 0.1) is 0 Å². The lowest BCUT2D eigenvalue weighted by Crippen LogP contribution is -1.89. The molecule has 74 valence electrons. The van der Waals surface area contributed by atoms with Crippen LogP contribution in [0.2, 0.25) is 0 Å². The van der Waals surface area contributed by atoms with Crippen molar-refractivity contribution in [3.05, 3.63) is 36.5 Å². The molecular formula is C11H18O2. The van der Waals surface area contributed by atoms with Gasteiger partial charge in [0.1, 0.15) is 0 Å². The van der Waals surface area contributed by atoms with Crippen LogP contribution in [0.4, 0.5) is 0 Å². The molecule has 0 aliphatic carbocycles. The second kappa shape index (κ2) is 10.7. The Morgan fingerprint density at radius 3 is 2.38 bits per heavy atom. The van der Waals surface area contributed by atoms with Gasteiger partial charge in [-0.2, -0.15) is 0 Å². The van der Waals surface area contributed by atoms with Crippen LogP contribution in [0.3, 0.4) is 0 Å². The third-order valence-electron chi connectivity index (χ3n) is 1.11. The lowest BCUT2D eigenvalue weighted by Gasteiger charge is -1.84. The number of carboxylic acid groups (broad SMARTS) is 1. The molecule has 0 fully saturated rings. The summed E-state index contributed by atoms with van der Waals surface area (Å²) < 4.78 is 0. The highest BCUT2D eigenvalue weighted by Crippen LogP contribution is 1.93. The van der Waals surface area contributed by atoms with Gasteiger partial charge in [-0.25, -0.2) is 0 Å². The number of carbonyl (C=O) groups is 1. The van der Waals surface area contributed by atoms with Crippen molar-refractivity contribution in [2.24, 2.45) is 0 Å². The summed E-state index contributed by atoms with van der Waals surface area (Å²) >= 11 is 0. The fourth-order valence-electron chi connectivity index (χ4n) is 0.457. The maximum Gasteiger partial charge on any atom is 0.307 e. The maximum absolute atomic E-state index is 10.0. The molecule has 0 amide bonds. The zero-order valence-electron chi connectivity index (χ0n) is 8.58. The van der Waals surface area contributed by atoms with Gasteiger partial charge in [-0.15, -0.1) is 0 Å². The molecule has 0 aliphatic heterocycles. The van der Waals surface area contributed by atoms with Crippen molar-refractivity contribution >= 4 is 5.97 Å². The highest BCUT2D eigenvalue weighted by molar-refractivity contribution is 5.68. The summed E-state index contributed by atoms with van der Waals surface area (Å²) in [5.41, 5.74) is 1.02. The minimum absolute atomic E-state index is 0.0704. The molecule has 0 heterocycles. The first-order valence-electron chi connectivity index (χ1n) is 4.34. The summed E-state index contributed by atoms with van der Waals surface area (Å²) in [6.45, 7) is 9.46. The van der Waals surface area contributed by atoms with Gasteiger partial charge in [0, 0.05) is 0 Å². The van der Waals surface area contributed by atoms with E-state index in [1.54, 1.807) is 18.2 Å². The van der Waals surface area contributed by atoms with E-state index in [9.17, 15) is 4.79 Å². The smallest absolute Gasteiger partial charge is 0.307 e. The molecule has 0 bridgehead atoms. The topological polar surface area (TPSA) is 37.3 Å². The molecule has 0 radical (unpaired) electrons. The predicted octanol–water partition coefficient (Wildman–Crippen LogP) is 3.18. The number of carboxylic acids is 1. The highest BCUT2D eigenvalue weighted by atomic mass is 16.4. The fraction of sp³-hybridized carbons (Fsp3) is 0.364. The third kappa shape index (κ3) is 13.7. The normalized spacial score (nSPS) is 10.5. The molecule has 0 atom stereocenters. The van der Waals surface area contributed by atoms with E-state index in [1.807, 2.05) is 26.8 Å². The van der Waals surface area contributed by atoms with Crippen LogP contribution in [0.1, 0.15) is 27.2 Å². The van der Waals surface area contributed by atoms with E-state index >= 15 is 0 Å². The molecule has 1 N–H and O–H groups in total. The third-order valence-corrected chi connectivity index (χ3v) is 1.11. The van der Waals surface area contributed by atoms with Crippen LogP contribution >= 0.6 is 0 Å². The SMILES string of the molecule is C=C/C(C)=C\C=C/CC(=O)O.CC. The largest absolute Gasteiger partial charge is 0.481 e. The molecule has 0 aliphatic rings. The highest BCUT2D eigenvalue weighted by Gasteiger charge is 1.86. The van der Waals surface area contributed by atoms with Crippen molar-refractivity contribution in [2.45, 2.75) is 27.2 Å². The average molecular weight is 182 g/mol. The van der Waals surface area contributed by atoms with Gasteiger partial charge in [0.05, 0.1) is 6.42 Å². The second-order valence-corrected chi connectivity index (χ2v) is 2.14. The molecule has 0 aromatic rings. The van der Waals surface area contributed by atoms with Crippen molar-refractivity contribution in [3.8, 4) is 0 Å². The van der Waals surface area contributed by atoms with E-state index < -0.39 is 5.97 Å². The Labute approximate surface area is 80.3 Å². The minimum atomic E-state index is -0.814. The molecule has 0 aromatic heterocycles. The number of aliphatic carboxylic acids is 1. The first-order chi connectivity index (χ1) is 6.16. The quantitative estimate of drug-likeness (QED) is 0.678. The van der Waals surface area contributed by atoms with Gasteiger partial charge in [-0.3, -0.25) is 4.79 Å². The lowest BCUT2D eigenvalue weighted by molar-refractivity contribution is -0.135. The predicted molar refractivity (Wildman–Crippen MR) is 56.7 cm³/mol. The summed E-state index contributed by atoms with van der Waals surface area (Å²) in [4.78, 5) is 10.0. The van der Waals surface area contributed by atoms with E-state index in [-0.39, 0.29) is 6.42 Å². The van der Waals surface area contributed by atoms with E-state index in [0.717, 1.165) is 5.57 Å². The molecule has 0 unspecified atom stereocenters. The van der Waals surface area contributed by atoms with Gasteiger partial charge in [-0.1, -0.05) is 50.3 Å². The van der Waals surface area contributed by atoms with Crippen LogP contribution in [0.25, 0.3) is 0 Å². The molecule has 0 rings (SSSR count). The minimum Gasteiger partial charge on any atom is -0.481 e. The lowest BCUT2D eigenvalue weighted by atomic mass is 10.2. The molecule has 13 heavy (non-hydrogen) atoms. The molecule has 0 aromatic carbocycles. The molecule has 0 saturated carbocycles. The van der Waals surface area contributed by atoms with E-state index in [4.69, 9.17) is 5.11 Å². The van der Waals surface area contributed by atoms with Crippen LogP contribution in [-0.2, 0) is 4.79 Å². The summed E-state index contributed by atoms with van der Waals surface area (Å²) in [6, 6.07) is 0.